The first kappa shape index (κ1) is 19.0. The van der Waals surface area contributed by atoms with E-state index < -0.39 is 11.9 Å². The normalized spacial score (nSPS) is 15.2. The molecule has 2 heterocycles. The Morgan fingerprint density at radius 3 is 2.62 bits per heavy atom. The molecule has 0 aliphatic carbocycles. The van der Waals surface area contributed by atoms with Crippen LogP contribution in [0.3, 0.4) is 0 Å². The van der Waals surface area contributed by atoms with E-state index in [1.165, 1.54) is 16.8 Å². The molecule has 1 aromatic heterocycles. The van der Waals surface area contributed by atoms with Gasteiger partial charge in [-0.05, 0) is 41.1 Å². The van der Waals surface area contributed by atoms with Crippen LogP contribution in [0.2, 0.25) is 0 Å². The minimum atomic E-state index is -0.777. The summed E-state index contributed by atoms with van der Waals surface area (Å²) in [6.45, 7) is 4.25. The van der Waals surface area contributed by atoms with E-state index in [0.29, 0.717) is 43.5 Å². The van der Waals surface area contributed by atoms with Crippen molar-refractivity contribution in [3.8, 4) is 0 Å². The minimum absolute atomic E-state index is 0.356. The third-order valence-electron chi connectivity index (χ3n) is 4.79. The van der Waals surface area contributed by atoms with Gasteiger partial charge in [0.25, 0.3) is 5.91 Å². The van der Waals surface area contributed by atoms with Crippen LogP contribution >= 0.6 is 0 Å². The lowest BCUT2D eigenvalue weighted by atomic mass is 10.1. The van der Waals surface area contributed by atoms with E-state index in [1.807, 2.05) is 35.2 Å². The number of anilines is 2. The van der Waals surface area contributed by atoms with Crippen molar-refractivity contribution in [3.05, 3.63) is 65.7 Å². The molecular weight excluding hydrogens is 375 g/mol. The van der Waals surface area contributed by atoms with Gasteiger partial charge in [0.1, 0.15) is 11.6 Å². The summed E-state index contributed by atoms with van der Waals surface area (Å²) >= 11 is 0. The average Bonchev–Trinajstić information content (AvgIpc) is 3.15. The van der Waals surface area contributed by atoms with Gasteiger partial charge >= 0.3 is 0 Å². The number of nitrogens with zero attached hydrogens (tertiary/aromatic N) is 5. The van der Waals surface area contributed by atoms with Gasteiger partial charge in [-0.1, -0.05) is 30.3 Å². The van der Waals surface area contributed by atoms with Crippen molar-refractivity contribution >= 4 is 17.3 Å². The van der Waals surface area contributed by atoms with E-state index >= 15 is 0 Å². The molecule has 1 unspecified atom stereocenters. The van der Waals surface area contributed by atoms with Crippen molar-refractivity contribution in [2.45, 2.75) is 13.0 Å². The molecule has 1 aliphatic heterocycles. The largest absolute Gasteiger partial charge is 0.378 e. The number of morpholine rings is 1. The van der Waals surface area contributed by atoms with Gasteiger partial charge in [0.15, 0.2) is 6.04 Å². The number of amides is 1. The maximum Gasteiger partial charge on any atom is 0.253 e. The molecule has 9 heteroatoms. The third-order valence-corrected chi connectivity index (χ3v) is 4.79. The molecule has 1 atom stereocenters. The zero-order valence-electron chi connectivity index (χ0n) is 16.0. The summed E-state index contributed by atoms with van der Waals surface area (Å²) in [6.07, 6.45) is 0. The molecule has 8 nitrogen and oxygen atoms in total. The third kappa shape index (κ3) is 4.24. The van der Waals surface area contributed by atoms with Crippen molar-refractivity contribution < 1.29 is 13.9 Å². The summed E-state index contributed by atoms with van der Waals surface area (Å²) < 4.78 is 21.1. The molecular formula is C20H21FN6O2. The second-order valence-corrected chi connectivity index (χ2v) is 6.77. The fraction of sp³-hybridized carbons (Fsp3) is 0.300. The standard InChI is InChI=1S/C20H21FN6O2/c1-14-23-24-25-27(14)19(15-5-3-2-4-6-15)20(28)22-17-11-16(21)12-18(13-17)26-7-9-29-10-8-26/h2-6,11-13,19H,7-10H2,1H3,(H,22,28). The molecule has 1 N–H and O–H groups in total. The number of hydrogen-bond acceptors (Lipinski definition) is 6. The molecule has 3 aromatic rings. The maximum atomic E-state index is 14.2. The summed E-state index contributed by atoms with van der Waals surface area (Å²) in [6, 6.07) is 13.0. The number of halogens is 1. The smallest absolute Gasteiger partial charge is 0.253 e. The number of ether oxygens (including phenoxy) is 1. The van der Waals surface area contributed by atoms with Crippen LogP contribution in [0.1, 0.15) is 17.4 Å². The number of nitrogens with one attached hydrogen (secondary N) is 1. The van der Waals surface area contributed by atoms with Crippen LogP contribution in [0.25, 0.3) is 0 Å². The Labute approximate surface area is 167 Å². The van der Waals surface area contributed by atoms with E-state index in [9.17, 15) is 9.18 Å². The number of tetrazole rings is 1. The fourth-order valence-electron chi connectivity index (χ4n) is 3.38. The minimum Gasteiger partial charge on any atom is -0.378 e. The lowest BCUT2D eigenvalue weighted by Crippen LogP contribution is -2.36. The topological polar surface area (TPSA) is 85.2 Å². The number of aromatic nitrogens is 4. The highest BCUT2D eigenvalue weighted by Crippen LogP contribution is 2.25. The number of aryl methyl sites for hydroxylation is 1. The number of carbonyl (C=O) groups excluding carboxylic acids is 1. The highest BCUT2D eigenvalue weighted by atomic mass is 19.1. The van der Waals surface area contributed by atoms with Crippen molar-refractivity contribution in [2.75, 3.05) is 36.5 Å². The van der Waals surface area contributed by atoms with E-state index in [0.717, 1.165) is 5.56 Å². The summed E-state index contributed by atoms with van der Waals surface area (Å²) in [7, 11) is 0. The zero-order valence-corrected chi connectivity index (χ0v) is 16.0. The van der Waals surface area contributed by atoms with Gasteiger partial charge in [0.2, 0.25) is 0 Å². The lowest BCUT2D eigenvalue weighted by Gasteiger charge is -2.29. The van der Waals surface area contributed by atoms with Crippen molar-refractivity contribution in [1.29, 1.82) is 0 Å². The van der Waals surface area contributed by atoms with Gasteiger partial charge in [-0.3, -0.25) is 4.79 Å². The highest BCUT2D eigenvalue weighted by Gasteiger charge is 2.26. The van der Waals surface area contributed by atoms with E-state index in [4.69, 9.17) is 4.74 Å². The Balaban J connectivity index is 1.63. The number of rotatable bonds is 5. The van der Waals surface area contributed by atoms with Gasteiger partial charge in [-0.15, -0.1) is 5.10 Å². The second-order valence-electron chi connectivity index (χ2n) is 6.77. The Bertz CT molecular complexity index is 988. The molecule has 1 saturated heterocycles. The molecule has 0 spiro atoms. The number of benzene rings is 2. The van der Waals surface area contributed by atoms with Crippen LogP contribution in [0, 0.1) is 12.7 Å². The van der Waals surface area contributed by atoms with Crippen LogP contribution in [0.5, 0.6) is 0 Å². The average molecular weight is 396 g/mol. The summed E-state index contributed by atoms with van der Waals surface area (Å²) in [5, 5.41) is 14.3. The van der Waals surface area contributed by atoms with Crippen LogP contribution in [-0.2, 0) is 9.53 Å². The Kier molecular flexibility index (Phi) is 5.48. The molecule has 1 amide bonds. The lowest BCUT2D eigenvalue weighted by molar-refractivity contribution is -0.118. The maximum absolute atomic E-state index is 14.2. The van der Waals surface area contributed by atoms with Gasteiger partial charge < -0.3 is 15.0 Å². The molecule has 150 valence electrons. The van der Waals surface area contributed by atoms with Crippen LogP contribution in [0.4, 0.5) is 15.8 Å². The van der Waals surface area contributed by atoms with E-state index in [-0.39, 0.29) is 5.91 Å². The first-order chi connectivity index (χ1) is 14.1. The van der Waals surface area contributed by atoms with Gasteiger partial charge in [0.05, 0.1) is 13.2 Å². The second kappa shape index (κ2) is 8.36. The Morgan fingerprint density at radius 1 is 1.17 bits per heavy atom. The van der Waals surface area contributed by atoms with Gasteiger partial charge in [-0.2, -0.15) is 0 Å². The van der Waals surface area contributed by atoms with Crippen LogP contribution in [-0.4, -0.2) is 52.4 Å². The molecule has 0 radical (unpaired) electrons. The van der Waals surface area contributed by atoms with E-state index in [1.54, 1.807) is 13.0 Å². The van der Waals surface area contributed by atoms with Crippen LogP contribution < -0.4 is 10.2 Å². The summed E-state index contributed by atoms with van der Waals surface area (Å²) in [4.78, 5) is 15.2. The monoisotopic (exact) mass is 396 g/mol. The van der Waals surface area contributed by atoms with Crippen LogP contribution in [0.15, 0.2) is 48.5 Å². The number of hydrogen-bond donors (Lipinski definition) is 1. The van der Waals surface area contributed by atoms with Gasteiger partial charge in [0, 0.05) is 24.5 Å². The van der Waals surface area contributed by atoms with Crippen molar-refractivity contribution in [1.82, 2.24) is 20.2 Å². The van der Waals surface area contributed by atoms with Crippen molar-refractivity contribution in [3.63, 3.8) is 0 Å². The highest BCUT2D eigenvalue weighted by molar-refractivity contribution is 5.96. The first-order valence-electron chi connectivity index (χ1n) is 9.35. The molecule has 1 fully saturated rings. The molecule has 0 bridgehead atoms. The molecule has 4 rings (SSSR count). The Hall–Kier alpha value is -3.33. The zero-order chi connectivity index (χ0) is 20.2. The van der Waals surface area contributed by atoms with E-state index in [2.05, 4.69) is 20.8 Å². The molecule has 29 heavy (non-hydrogen) atoms. The predicted molar refractivity (Wildman–Crippen MR) is 105 cm³/mol. The molecule has 1 aliphatic rings. The summed E-state index contributed by atoms with van der Waals surface area (Å²) in [5.41, 5.74) is 1.81. The fourth-order valence-corrected chi connectivity index (χ4v) is 3.38. The first-order valence-corrected chi connectivity index (χ1v) is 9.35. The Morgan fingerprint density at radius 2 is 1.93 bits per heavy atom. The quantitative estimate of drug-likeness (QED) is 0.712. The van der Waals surface area contributed by atoms with Crippen molar-refractivity contribution in [2.24, 2.45) is 0 Å². The number of carbonyl (C=O) groups is 1. The predicted octanol–water partition coefficient (Wildman–Crippen LogP) is 2.19. The van der Waals surface area contributed by atoms with Gasteiger partial charge in [-0.25, -0.2) is 9.07 Å². The SMILES string of the molecule is Cc1nnnn1C(C(=O)Nc1cc(F)cc(N2CCOCC2)c1)c1ccccc1. The molecule has 2 aromatic carbocycles. The molecule has 0 saturated carbocycles. The summed E-state index contributed by atoms with van der Waals surface area (Å²) in [5.74, 6) is -0.272.